The average Bonchev–Trinajstić information content (AvgIpc) is 2.75. The van der Waals surface area contributed by atoms with Crippen molar-refractivity contribution in [3.8, 4) is 0 Å². The number of hydrogen-bond acceptors (Lipinski definition) is 3. The van der Waals surface area contributed by atoms with Gasteiger partial charge in [0.2, 0.25) is 0 Å². The van der Waals surface area contributed by atoms with Crippen molar-refractivity contribution in [2.75, 3.05) is 11.4 Å². The first-order valence-electron chi connectivity index (χ1n) is 7.60. The first kappa shape index (κ1) is 18.4. The van der Waals surface area contributed by atoms with Gasteiger partial charge in [-0.3, -0.25) is 9.59 Å². The van der Waals surface area contributed by atoms with Crippen LogP contribution < -0.4 is 4.90 Å². The molecule has 0 radical (unpaired) electrons. The number of hydrogen-bond donors (Lipinski definition) is 1. The molecular weight excluding hydrogens is 429 g/mol. The topological polar surface area (TPSA) is 57.6 Å². The van der Waals surface area contributed by atoms with Crippen molar-refractivity contribution in [1.29, 1.82) is 0 Å². The van der Waals surface area contributed by atoms with Gasteiger partial charge in [-0.15, -0.1) is 0 Å². The van der Waals surface area contributed by atoms with Crippen LogP contribution in [0.4, 0.5) is 5.69 Å². The summed E-state index contributed by atoms with van der Waals surface area (Å²) in [7, 11) is 0. The molecule has 0 aromatic heterocycles. The van der Waals surface area contributed by atoms with E-state index >= 15 is 0 Å². The lowest BCUT2D eigenvalue weighted by Crippen LogP contribution is -2.41. The highest BCUT2D eigenvalue weighted by Crippen LogP contribution is 2.44. The number of halogens is 3. The predicted octanol–water partition coefficient (Wildman–Crippen LogP) is 4.58. The van der Waals surface area contributed by atoms with Gasteiger partial charge in [-0.1, -0.05) is 39.1 Å². The van der Waals surface area contributed by atoms with Crippen LogP contribution in [0.15, 0.2) is 40.9 Å². The number of anilines is 1. The maximum Gasteiger partial charge on any atom is 0.264 e. The van der Waals surface area contributed by atoms with Crippen LogP contribution in [0.3, 0.4) is 0 Å². The number of ketones is 1. The standard InChI is InChI=1S/C18H14BrCl2NO3/c1-2-22-15-6-3-10(19)7-13(15)18(25,17(22)24)9-16(23)12-5-4-11(20)8-14(12)21/h3-8,25H,2,9H2,1H3. The Morgan fingerprint density at radius 3 is 2.60 bits per heavy atom. The molecule has 1 unspecified atom stereocenters. The molecule has 1 N–H and O–H groups in total. The summed E-state index contributed by atoms with van der Waals surface area (Å²) < 4.78 is 0.715. The molecule has 3 rings (SSSR count). The van der Waals surface area contributed by atoms with E-state index in [1.54, 1.807) is 24.3 Å². The van der Waals surface area contributed by atoms with E-state index in [9.17, 15) is 14.7 Å². The summed E-state index contributed by atoms with van der Waals surface area (Å²) in [4.78, 5) is 27.0. The van der Waals surface area contributed by atoms with Gasteiger partial charge in [0.25, 0.3) is 5.91 Å². The molecule has 2 aromatic carbocycles. The molecule has 25 heavy (non-hydrogen) atoms. The summed E-state index contributed by atoms with van der Waals surface area (Å²) in [5, 5.41) is 11.7. The van der Waals surface area contributed by atoms with Crippen LogP contribution in [-0.2, 0) is 10.4 Å². The largest absolute Gasteiger partial charge is 0.375 e. The van der Waals surface area contributed by atoms with E-state index in [0.29, 0.717) is 27.3 Å². The summed E-state index contributed by atoms with van der Waals surface area (Å²) in [6.07, 6.45) is -0.396. The minimum atomic E-state index is -1.92. The highest BCUT2D eigenvalue weighted by molar-refractivity contribution is 9.10. The van der Waals surface area contributed by atoms with Gasteiger partial charge >= 0.3 is 0 Å². The molecule has 1 aliphatic heterocycles. The molecule has 0 bridgehead atoms. The molecule has 0 saturated heterocycles. The molecule has 1 amide bonds. The second-order valence-electron chi connectivity index (χ2n) is 5.80. The molecule has 7 heteroatoms. The molecule has 0 fully saturated rings. The monoisotopic (exact) mass is 441 g/mol. The molecule has 130 valence electrons. The van der Waals surface area contributed by atoms with Gasteiger partial charge in [0, 0.05) is 27.2 Å². The fourth-order valence-corrected chi connectivity index (χ4v) is 3.93. The molecular formula is C18H14BrCl2NO3. The lowest BCUT2D eigenvalue weighted by Gasteiger charge is -2.22. The number of carbonyl (C=O) groups excluding carboxylic acids is 2. The van der Waals surface area contributed by atoms with Gasteiger partial charge in [0.05, 0.1) is 17.1 Å². The SMILES string of the molecule is CCN1C(=O)C(O)(CC(=O)c2ccc(Cl)cc2Cl)c2cc(Br)ccc21. The van der Waals surface area contributed by atoms with E-state index < -0.39 is 23.7 Å². The third-order valence-electron chi connectivity index (χ3n) is 4.26. The molecule has 0 saturated carbocycles. The van der Waals surface area contributed by atoms with E-state index in [1.807, 2.05) is 6.92 Å². The predicted molar refractivity (Wildman–Crippen MR) is 101 cm³/mol. The van der Waals surface area contributed by atoms with Gasteiger partial charge in [0.15, 0.2) is 11.4 Å². The highest BCUT2D eigenvalue weighted by atomic mass is 79.9. The smallest absolute Gasteiger partial charge is 0.264 e. The summed E-state index contributed by atoms with van der Waals surface area (Å²) in [6.45, 7) is 2.21. The maximum absolute atomic E-state index is 12.8. The van der Waals surface area contributed by atoms with Gasteiger partial charge in [-0.25, -0.2) is 0 Å². The minimum Gasteiger partial charge on any atom is -0.375 e. The number of carbonyl (C=O) groups is 2. The number of nitrogens with zero attached hydrogens (tertiary/aromatic N) is 1. The summed E-state index contributed by atoms with van der Waals surface area (Å²) >= 11 is 15.3. The van der Waals surface area contributed by atoms with Crippen molar-refractivity contribution in [3.05, 3.63) is 62.0 Å². The first-order chi connectivity index (χ1) is 11.8. The fourth-order valence-electron chi connectivity index (χ4n) is 3.05. The number of amides is 1. The van der Waals surface area contributed by atoms with E-state index in [-0.39, 0.29) is 10.6 Å². The van der Waals surface area contributed by atoms with Crippen LogP contribution in [0.25, 0.3) is 0 Å². The highest BCUT2D eigenvalue weighted by Gasteiger charge is 2.50. The van der Waals surface area contributed by atoms with Gasteiger partial charge in [0.1, 0.15) is 0 Å². The molecule has 0 spiro atoms. The Balaban J connectivity index is 2.02. The van der Waals surface area contributed by atoms with E-state index in [2.05, 4.69) is 15.9 Å². The Morgan fingerprint density at radius 1 is 1.24 bits per heavy atom. The van der Waals surface area contributed by atoms with Crippen molar-refractivity contribution in [3.63, 3.8) is 0 Å². The number of aliphatic hydroxyl groups is 1. The average molecular weight is 443 g/mol. The number of fused-ring (bicyclic) bond motifs is 1. The Hall–Kier alpha value is -1.40. The van der Waals surface area contributed by atoms with Gasteiger partial charge in [-0.05, 0) is 43.3 Å². The number of likely N-dealkylation sites (N-methyl/N-ethyl adjacent to an activating group) is 1. The van der Waals surface area contributed by atoms with E-state index in [4.69, 9.17) is 23.2 Å². The zero-order chi connectivity index (χ0) is 18.4. The van der Waals surface area contributed by atoms with Crippen LogP contribution in [0.2, 0.25) is 10.0 Å². The van der Waals surface area contributed by atoms with Crippen molar-refractivity contribution < 1.29 is 14.7 Å². The Kier molecular flexibility index (Phi) is 4.95. The number of benzene rings is 2. The zero-order valence-electron chi connectivity index (χ0n) is 13.2. The van der Waals surface area contributed by atoms with Gasteiger partial charge < -0.3 is 10.0 Å². The molecule has 2 aromatic rings. The van der Waals surface area contributed by atoms with Crippen molar-refractivity contribution in [2.45, 2.75) is 18.9 Å². The van der Waals surface area contributed by atoms with E-state index in [1.165, 1.54) is 17.0 Å². The summed E-state index contributed by atoms with van der Waals surface area (Å²) in [5.41, 5.74) is -0.686. The molecule has 1 heterocycles. The molecule has 0 aliphatic carbocycles. The molecule has 1 aliphatic rings. The minimum absolute atomic E-state index is 0.188. The molecule has 4 nitrogen and oxygen atoms in total. The van der Waals surface area contributed by atoms with Crippen molar-refractivity contribution in [2.24, 2.45) is 0 Å². The second kappa shape index (κ2) is 6.72. The van der Waals surface area contributed by atoms with E-state index in [0.717, 1.165) is 0 Å². The quantitative estimate of drug-likeness (QED) is 0.704. The number of Topliss-reactive ketones (excluding diaryl/α,β-unsaturated/α-hetero) is 1. The zero-order valence-corrected chi connectivity index (χ0v) is 16.3. The number of rotatable bonds is 4. The lowest BCUT2D eigenvalue weighted by atomic mass is 9.88. The van der Waals surface area contributed by atoms with Crippen molar-refractivity contribution in [1.82, 2.24) is 0 Å². The third-order valence-corrected chi connectivity index (χ3v) is 5.30. The van der Waals surface area contributed by atoms with Crippen LogP contribution in [-0.4, -0.2) is 23.3 Å². The van der Waals surface area contributed by atoms with Crippen LogP contribution in [0.1, 0.15) is 29.3 Å². The molecule has 1 atom stereocenters. The Labute approximate surface area is 163 Å². The van der Waals surface area contributed by atoms with Crippen LogP contribution in [0.5, 0.6) is 0 Å². The lowest BCUT2D eigenvalue weighted by molar-refractivity contribution is -0.135. The Bertz CT molecular complexity index is 887. The normalized spacial score (nSPS) is 19.2. The van der Waals surface area contributed by atoms with Crippen LogP contribution >= 0.6 is 39.1 Å². The maximum atomic E-state index is 12.8. The third kappa shape index (κ3) is 3.10. The Morgan fingerprint density at radius 2 is 1.96 bits per heavy atom. The fraction of sp³-hybridized carbons (Fsp3) is 0.222. The summed E-state index contributed by atoms with van der Waals surface area (Å²) in [6, 6.07) is 9.70. The van der Waals surface area contributed by atoms with Crippen LogP contribution in [0, 0.1) is 0 Å². The van der Waals surface area contributed by atoms with Crippen molar-refractivity contribution >= 4 is 56.5 Å². The second-order valence-corrected chi connectivity index (χ2v) is 7.55. The van der Waals surface area contributed by atoms with Gasteiger partial charge in [-0.2, -0.15) is 0 Å². The first-order valence-corrected chi connectivity index (χ1v) is 9.15. The summed E-state index contributed by atoms with van der Waals surface area (Å²) in [5.74, 6) is -0.942.